The van der Waals surface area contributed by atoms with Crippen LogP contribution < -0.4 is 10.9 Å². The van der Waals surface area contributed by atoms with Gasteiger partial charge in [-0.2, -0.15) is 5.10 Å². The Labute approximate surface area is 126 Å². The van der Waals surface area contributed by atoms with Gasteiger partial charge in [-0.05, 0) is 12.5 Å². The van der Waals surface area contributed by atoms with Crippen LogP contribution in [0, 0.1) is 0 Å². The van der Waals surface area contributed by atoms with Crippen LogP contribution in [0.4, 0.5) is 0 Å². The Morgan fingerprint density at radius 2 is 2.00 bits per heavy atom. The number of aromatic nitrogens is 2. The number of sulfone groups is 1. The van der Waals surface area contributed by atoms with Crippen molar-refractivity contribution in [3.05, 3.63) is 40.3 Å². The zero-order valence-corrected chi connectivity index (χ0v) is 12.8. The van der Waals surface area contributed by atoms with Crippen LogP contribution >= 0.6 is 0 Å². The van der Waals surface area contributed by atoms with Gasteiger partial charge < -0.3 is 5.32 Å². The van der Waals surface area contributed by atoms with Gasteiger partial charge in [-0.25, -0.2) is 13.1 Å². The van der Waals surface area contributed by atoms with E-state index in [0.717, 1.165) is 4.68 Å². The summed E-state index contributed by atoms with van der Waals surface area (Å²) < 4.78 is 24.0. The van der Waals surface area contributed by atoms with E-state index in [0.29, 0.717) is 17.2 Å². The summed E-state index contributed by atoms with van der Waals surface area (Å²) in [6.07, 6.45) is 0.401. The lowest BCUT2D eigenvalue weighted by atomic mass is 10.1. The van der Waals surface area contributed by atoms with Crippen LogP contribution in [0.3, 0.4) is 0 Å². The summed E-state index contributed by atoms with van der Waals surface area (Å²) in [5.41, 5.74) is -0.155. The highest BCUT2D eigenvalue weighted by atomic mass is 32.2. The Balaban J connectivity index is 1.98. The molecule has 1 atom stereocenters. The average Bonchev–Trinajstić information content (AvgIpc) is 2.81. The van der Waals surface area contributed by atoms with Crippen molar-refractivity contribution in [2.75, 3.05) is 11.5 Å². The van der Waals surface area contributed by atoms with Crippen LogP contribution in [0.5, 0.6) is 0 Å². The van der Waals surface area contributed by atoms with E-state index in [1.54, 1.807) is 24.3 Å². The zero-order chi connectivity index (χ0) is 15.9. The monoisotopic (exact) mass is 321 g/mol. The minimum absolute atomic E-state index is 0.0531. The number of nitrogens with one attached hydrogen (secondary N) is 1. The molecule has 8 heteroatoms. The highest BCUT2D eigenvalue weighted by Gasteiger charge is 2.30. The summed E-state index contributed by atoms with van der Waals surface area (Å²) >= 11 is 0. The molecule has 2 aromatic rings. The van der Waals surface area contributed by atoms with E-state index in [-0.39, 0.29) is 22.8 Å². The SMILES string of the molecule is Cn1nc(C(=O)NC2CCS(=O)(=O)C2)c2ccccc2c1=O. The molecule has 0 aliphatic carbocycles. The van der Waals surface area contributed by atoms with Crippen molar-refractivity contribution in [2.24, 2.45) is 7.05 Å². The van der Waals surface area contributed by atoms with Crippen molar-refractivity contribution >= 4 is 26.5 Å². The number of rotatable bonds is 2. The van der Waals surface area contributed by atoms with E-state index in [9.17, 15) is 18.0 Å². The van der Waals surface area contributed by atoms with Crippen molar-refractivity contribution in [3.63, 3.8) is 0 Å². The number of aryl methyl sites for hydroxylation is 1. The van der Waals surface area contributed by atoms with E-state index in [2.05, 4.69) is 10.4 Å². The molecule has 1 aliphatic rings. The van der Waals surface area contributed by atoms with Crippen molar-refractivity contribution in [2.45, 2.75) is 12.5 Å². The minimum Gasteiger partial charge on any atom is -0.347 e. The third-order valence-electron chi connectivity index (χ3n) is 3.74. The normalized spacial score (nSPS) is 20.1. The zero-order valence-electron chi connectivity index (χ0n) is 11.9. The minimum atomic E-state index is -3.07. The summed E-state index contributed by atoms with van der Waals surface area (Å²) in [5.74, 6) is -0.434. The van der Waals surface area contributed by atoms with Crippen LogP contribution in [-0.4, -0.2) is 41.7 Å². The second-order valence-electron chi connectivity index (χ2n) is 5.40. The van der Waals surface area contributed by atoms with Gasteiger partial charge in [0, 0.05) is 18.5 Å². The van der Waals surface area contributed by atoms with Crippen molar-refractivity contribution in [1.29, 1.82) is 0 Å². The molecular weight excluding hydrogens is 306 g/mol. The number of carbonyl (C=O) groups is 1. The molecule has 116 valence electrons. The van der Waals surface area contributed by atoms with Crippen LogP contribution in [0.25, 0.3) is 10.8 Å². The quantitative estimate of drug-likeness (QED) is 0.829. The maximum Gasteiger partial charge on any atom is 0.274 e. The molecule has 1 aromatic heterocycles. The Hall–Kier alpha value is -2.22. The molecule has 7 nitrogen and oxygen atoms in total. The Morgan fingerprint density at radius 3 is 2.64 bits per heavy atom. The van der Waals surface area contributed by atoms with Gasteiger partial charge in [-0.15, -0.1) is 0 Å². The number of nitrogens with zero attached hydrogens (tertiary/aromatic N) is 2. The van der Waals surface area contributed by atoms with E-state index in [4.69, 9.17) is 0 Å². The first kappa shape index (κ1) is 14.7. The van der Waals surface area contributed by atoms with Crippen molar-refractivity contribution < 1.29 is 13.2 Å². The molecule has 1 aliphatic heterocycles. The second-order valence-corrected chi connectivity index (χ2v) is 7.63. The van der Waals surface area contributed by atoms with Crippen LogP contribution in [0.15, 0.2) is 29.1 Å². The molecule has 1 unspecified atom stereocenters. The van der Waals surface area contributed by atoms with Gasteiger partial charge in [0.25, 0.3) is 11.5 Å². The predicted molar refractivity (Wildman–Crippen MR) is 81.5 cm³/mol. The predicted octanol–water partition coefficient (Wildman–Crippen LogP) is -0.150. The third kappa shape index (κ3) is 2.61. The summed E-state index contributed by atoms with van der Waals surface area (Å²) in [5, 5.41) is 7.58. The van der Waals surface area contributed by atoms with E-state index in [1.165, 1.54) is 7.05 Å². The maximum absolute atomic E-state index is 12.4. The lowest BCUT2D eigenvalue weighted by molar-refractivity contribution is 0.0936. The summed E-state index contributed by atoms with van der Waals surface area (Å²) in [4.78, 5) is 24.4. The summed E-state index contributed by atoms with van der Waals surface area (Å²) in [6, 6.07) is 6.32. The first-order valence-corrected chi connectivity index (χ1v) is 8.67. The molecule has 1 amide bonds. The smallest absolute Gasteiger partial charge is 0.274 e. The fraction of sp³-hybridized carbons (Fsp3) is 0.357. The number of fused-ring (bicyclic) bond motifs is 1. The first-order chi connectivity index (χ1) is 10.4. The molecule has 0 spiro atoms. The Kier molecular flexibility index (Phi) is 3.48. The van der Waals surface area contributed by atoms with Crippen LogP contribution in [0.2, 0.25) is 0 Å². The fourth-order valence-corrected chi connectivity index (χ4v) is 4.30. The van der Waals surface area contributed by atoms with E-state index in [1.807, 2.05) is 0 Å². The first-order valence-electron chi connectivity index (χ1n) is 6.85. The largest absolute Gasteiger partial charge is 0.347 e. The van der Waals surface area contributed by atoms with E-state index < -0.39 is 21.8 Å². The van der Waals surface area contributed by atoms with Gasteiger partial charge in [-0.3, -0.25) is 9.59 Å². The van der Waals surface area contributed by atoms with Gasteiger partial charge in [0.05, 0.1) is 16.9 Å². The molecule has 1 aromatic carbocycles. The van der Waals surface area contributed by atoms with Crippen molar-refractivity contribution in [3.8, 4) is 0 Å². The van der Waals surface area contributed by atoms with Gasteiger partial charge in [0.2, 0.25) is 0 Å². The van der Waals surface area contributed by atoms with Gasteiger partial charge in [0.1, 0.15) is 0 Å². The Morgan fingerprint density at radius 1 is 1.32 bits per heavy atom. The summed E-state index contributed by atoms with van der Waals surface area (Å²) in [6.45, 7) is 0. The van der Waals surface area contributed by atoms with Crippen LogP contribution in [0.1, 0.15) is 16.9 Å². The number of benzene rings is 1. The molecule has 0 radical (unpaired) electrons. The molecule has 0 bridgehead atoms. The third-order valence-corrected chi connectivity index (χ3v) is 5.51. The molecule has 1 saturated heterocycles. The number of hydrogen-bond donors (Lipinski definition) is 1. The Bertz CT molecular complexity index is 917. The highest BCUT2D eigenvalue weighted by molar-refractivity contribution is 7.91. The molecule has 1 N–H and O–H groups in total. The maximum atomic E-state index is 12.4. The van der Waals surface area contributed by atoms with Gasteiger partial charge >= 0.3 is 0 Å². The summed E-state index contributed by atoms with van der Waals surface area (Å²) in [7, 11) is -1.59. The second kappa shape index (κ2) is 5.20. The number of amides is 1. The van der Waals surface area contributed by atoms with E-state index >= 15 is 0 Å². The fourth-order valence-electron chi connectivity index (χ4n) is 2.63. The van der Waals surface area contributed by atoms with Gasteiger partial charge in [-0.1, -0.05) is 18.2 Å². The van der Waals surface area contributed by atoms with Crippen molar-refractivity contribution in [1.82, 2.24) is 15.1 Å². The molecule has 3 rings (SSSR count). The molecule has 1 fully saturated rings. The number of hydrogen-bond acceptors (Lipinski definition) is 5. The van der Waals surface area contributed by atoms with Crippen LogP contribution in [-0.2, 0) is 16.9 Å². The molecule has 22 heavy (non-hydrogen) atoms. The molecular formula is C14H15N3O4S. The standard InChI is InChI=1S/C14H15N3O4S/c1-17-14(19)11-5-3-2-4-10(11)12(16-17)13(18)15-9-6-7-22(20,21)8-9/h2-5,9H,6-8H2,1H3,(H,15,18). The highest BCUT2D eigenvalue weighted by Crippen LogP contribution is 2.15. The number of carbonyl (C=O) groups excluding carboxylic acids is 1. The average molecular weight is 321 g/mol. The van der Waals surface area contributed by atoms with Gasteiger partial charge in [0.15, 0.2) is 15.5 Å². The molecule has 0 saturated carbocycles. The topological polar surface area (TPSA) is 98.1 Å². The lowest BCUT2D eigenvalue weighted by Gasteiger charge is -2.12. The lowest BCUT2D eigenvalue weighted by Crippen LogP contribution is -2.37. The molecule has 2 heterocycles.